The van der Waals surface area contributed by atoms with E-state index in [1.165, 1.54) is 11.1 Å². The summed E-state index contributed by atoms with van der Waals surface area (Å²) in [5, 5.41) is 0.643. The van der Waals surface area contributed by atoms with Gasteiger partial charge in [-0.2, -0.15) is 0 Å². The fourth-order valence-corrected chi connectivity index (χ4v) is 1.72. The first-order chi connectivity index (χ1) is 6.65. The summed E-state index contributed by atoms with van der Waals surface area (Å²) in [6, 6.07) is 6.14. The summed E-state index contributed by atoms with van der Waals surface area (Å²) in [5.41, 5.74) is 9.11. The SMILES string of the molecule is CCSC(N)=Nc1c(C)cccc1C. The molecule has 3 heteroatoms. The zero-order chi connectivity index (χ0) is 10.6. The normalized spacial score (nSPS) is 11.8. The van der Waals surface area contributed by atoms with Crippen LogP contribution in [0.2, 0.25) is 0 Å². The van der Waals surface area contributed by atoms with E-state index in [9.17, 15) is 0 Å². The van der Waals surface area contributed by atoms with Crippen LogP contribution in [0, 0.1) is 13.8 Å². The summed E-state index contributed by atoms with van der Waals surface area (Å²) >= 11 is 1.57. The van der Waals surface area contributed by atoms with Gasteiger partial charge in [-0.1, -0.05) is 36.9 Å². The molecule has 0 saturated carbocycles. The lowest BCUT2D eigenvalue weighted by Gasteiger charge is -2.05. The van der Waals surface area contributed by atoms with Crippen LogP contribution in [-0.4, -0.2) is 10.9 Å². The summed E-state index contributed by atoms with van der Waals surface area (Å²) in [6.45, 7) is 6.17. The van der Waals surface area contributed by atoms with Crippen LogP contribution >= 0.6 is 11.8 Å². The third kappa shape index (κ3) is 2.77. The zero-order valence-electron chi connectivity index (χ0n) is 8.87. The molecular weight excluding hydrogens is 192 g/mol. The minimum atomic E-state index is 0.643. The highest BCUT2D eigenvalue weighted by molar-refractivity contribution is 8.13. The highest BCUT2D eigenvalue weighted by Gasteiger charge is 2.00. The number of benzene rings is 1. The quantitative estimate of drug-likeness (QED) is 0.599. The molecule has 0 aromatic heterocycles. The van der Waals surface area contributed by atoms with Crippen LogP contribution in [0.1, 0.15) is 18.1 Å². The van der Waals surface area contributed by atoms with Gasteiger partial charge in [0.25, 0.3) is 0 Å². The van der Waals surface area contributed by atoms with Crippen molar-refractivity contribution in [3.63, 3.8) is 0 Å². The fraction of sp³-hybridized carbons (Fsp3) is 0.364. The molecule has 76 valence electrons. The molecule has 2 nitrogen and oxygen atoms in total. The number of nitrogens with zero attached hydrogens (tertiary/aromatic N) is 1. The van der Waals surface area contributed by atoms with Crippen molar-refractivity contribution in [1.29, 1.82) is 0 Å². The molecule has 0 heterocycles. The van der Waals surface area contributed by atoms with Gasteiger partial charge < -0.3 is 5.73 Å². The third-order valence-corrected chi connectivity index (χ3v) is 2.63. The van der Waals surface area contributed by atoms with Gasteiger partial charge in [0, 0.05) is 0 Å². The lowest BCUT2D eigenvalue weighted by Crippen LogP contribution is -2.06. The molecule has 0 aliphatic heterocycles. The number of hydrogen-bond acceptors (Lipinski definition) is 2. The van der Waals surface area contributed by atoms with E-state index < -0.39 is 0 Å². The van der Waals surface area contributed by atoms with Crippen molar-refractivity contribution >= 4 is 22.6 Å². The number of hydrogen-bond donors (Lipinski definition) is 1. The van der Waals surface area contributed by atoms with Crippen LogP contribution in [0.15, 0.2) is 23.2 Å². The van der Waals surface area contributed by atoms with E-state index >= 15 is 0 Å². The molecule has 1 aromatic carbocycles. The standard InChI is InChI=1S/C11H16N2S/c1-4-14-11(12)13-10-8(2)6-5-7-9(10)3/h5-7H,4H2,1-3H3,(H2,12,13). The van der Waals surface area contributed by atoms with Crippen LogP contribution in [0.25, 0.3) is 0 Å². The average Bonchev–Trinajstić information content (AvgIpc) is 2.12. The summed E-state index contributed by atoms with van der Waals surface area (Å²) < 4.78 is 0. The fourth-order valence-electron chi connectivity index (χ4n) is 1.27. The summed E-state index contributed by atoms with van der Waals surface area (Å²) in [5.74, 6) is 0.959. The van der Waals surface area contributed by atoms with Crippen molar-refractivity contribution in [3.05, 3.63) is 29.3 Å². The van der Waals surface area contributed by atoms with Gasteiger partial charge in [0.2, 0.25) is 0 Å². The van der Waals surface area contributed by atoms with Gasteiger partial charge >= 0.3 is 0 Å². The number of thioether (sulfide) groups is 1. The van der Waals surface area contributed by atoms with Gasteiger partial charge in [0.05, 0.1) is 5.69 Å². The van der Waals surface area contributed by atoms with Crippen LogP contribution in [-0.2, 0) is 0 Å². The van der Waals surface area contributed by atoms with Gasteiger partial charge in [-0.15, -0.1) is 0 Å². The second kappa shape index (κ2) is 5.05. The molecule has 0 aliphatic rings. The monoisotopic (exact) mass is 208 g/mol. The van der Waals surface area contributed by atoms with E-state index in [2.05, 4.69) is 37.9 Å². The Balaban J connectivity index is 3.01. The van der Waals surface area contributed by atoms with Crippen LogP contribution in [0.5, 0.6) is 0 Å². The first kappa shape index (κ1) is 11.1. The van der Waals surface area contributed by atoms with Crippen molar-refractivity contribution in [1.82, 2.24) is 0 Å². The molecule has 0 bridgehead atoms. The molecule has 14 heavy (non-hydrogen) atoms. The Morgan fingerprint density at radius 3 is 2.43 bits per heavy atom. The van der Waals surface area contributed by atoms with E-state index in [1.54, 1.807) is 11.8 Å². The van der Waals surface area contributed by atoms with E-state index in [-0.39, 0.29) is 0 Å². The Kier molecular flexibility index (Phi) is 4.01. The minimum Gasteiger partial charge on any atom is -0.378 e. The van der Waals surface area contributed by atoms with Crippen LogP contribution < -0.4 is 5.73 Å². The molecule has 1 aromatic rings. The zero-order valence-corrected chi connectivity index (χ0v) is 9.69. The van der Waals surface area contributed by atoms with Crippen LogP contribution in [0.4, 0.5) is 5.69 Å². The van der Waals surface area contributed by atoms with E-state index in [0.717, 1.165) is 11.4 Å². The lowest BCUT2D eigenvalue weighted by molar-refractivity contribution is 1.33. The van der Waals surface area contributed by atoms with Crippen molar-refractivity contribution in [2.75, 3.05) is 5.75 Å². The smallest absolute Gasteiger partial charge is 0.159 e. The molecule has 0 aliphatic carbocycles. The van der Waals surface area contributed by atoms with E-state index in [1.807, 2.05) is 6.07 Å². The number of aliphatic imine (C=N–C) groups is 1. The molecule has 0 spiro atoms. The molecule has 0 radical (unpaired) electrons. The Bertz CT molecular complexity index is 325. The third-order valence-electron chi connectivity index (χ3n) is 1.95. The summed E-state index contributed by atoms with van der Waals surface area (Å²) in [4.78, 5) is 4.41. The van der Waals surface area contributed by atoms with E-state index in [0.29, 0.717) is 5.17 Å². The van der Waals surface area contributed by atoms with Gasteiger partial charge in [-0.05, 0) is 30.7 Å². The molecule has 0 atom stereocenters. The predicted molar refractivity (Wildman–Crippen MR) is 65.3 cm³/mol. The number of amidine groups is 1. The maximum atomic E-state index is 5.77. The maximum Gasteiger partial charge on any atom is 0.159 e. The van der Waals surface area contributed by atoms with Gasteiger partial charge in [-0.25, -0.2) is 4.99 Å². The van der Waals surface area contributed by atoms with E-state index in [4.69, 9.17) is 5.73 Å². The first-order valence-electron chi connectivity index (χ1n) is 4.68. The average molecular weight is 208 g/mol. The largest absolute Gasteiger partial charge is 0.378 e. The summed E-state index contributed by atoms with van der Waals surface area (Å²) in [7, 11) is 0. The van der Waals surface area contributed by atoms with Crippen LogP contribution in [0.3, 0.4) is 0 Å². The van der Waals surface area contributed by atoms with Crippen molar-refractivity contribution in [3.8, 4) is 0 Å². The molecule has 0 unspecified atom stereocenters. The van der Waals surface area contributed by atoms with Gasteiger partial charge in [-0.3, -0.25) is 0 Å². The number of para-hydroxylation sites is 1. The maximum absolute atomic E-state index is 5.77. The second-order valence-electron chi connectivity index (χ2n) is 3.12. The Morgan fingerprint density at radius 1 is 1.36 bits per heavy atom. The highest BCUT2D eigenvalue weighted by atomic mass is 32.2. The minimum absolute atomic E-state index is 0.643. The molecule has 1 rings (SSSR count). The Labute approximate surface area is 89.6 Å². The highest BCUT2D eigenvalue weighted by Crippen LogP contribution is 2.23. The molecule has 0 saturated heterocycles. The first-order valence-corrected chi connectivity index (χ1v) is 5.67. The molecule has 0 amide bonds. The van der Waals surface area contributed by atoms with Gasteiger partial charge in [0.15, 0.2) is 5.17 Å². The summed E-state index contributed by atoms with van der Waals surface area (Å²) in [6.07, 6.45) is 0. The van der Waals surface area contributed by atoms with Crippen molar-refractivity contribution in [2.45, 2.75) is 20.8 Å². The van der Waals surface area contributed by atoms with Crippen molar-refractivity contribution < 1.29 is 0 Å². The topological polar surface area (TPSA) is 38.4 Å². The molecule has 0 fully saturated rings. The number of aryl methyl sites for hydroxylation is 2. The number of nitrogens with two attached hydrogens (primary N) is 1. The molecular formula is C11H16N2S. The Morgan fingerprint density at radius 2 is 1.93 bits per heavy atom. The second-order valence-corrected chi connectivity index (χ2v) is 4.41. The molecule has 2 N–H and O–H groups in total. The number of rotatable bonds is 2. The van der Waals surface area contributed by atoms with Gasteiger partial charge in [0.1, 0.15) is 0 Å². The van der Waals surface area contributed by atoms with Crippen molar-refractivity contribution in [2.24, 2.45) is 10.7 Å². The lowest BCUT2D eigenvalue weighted by atomic mass is 10.1. The Hall–Kier alpha value is -0.960. The predicted octanol–water partition coefficient (Wildman–Crippen LogP) is 3.00.